The monoisotopic (exact) mass is 227 g/mol. The molecule has 2 aromatic rings. The summed E-state index contributed by atoms with van der Waals surface area (Å²) in [5.41, 5.74) is 1.78. The van der Waals surface area contributed by atoms with Crippen LogP contribution in [0.4, 0.5) is 10.2 Å². The molecule has 0 aliphatic rings. The lowest BCUT2D eigenvalue weighted by atomic mass is 10.1. The molecule has 0 saturated heterocycles. The second kappa shape index (κ2) is 4.62. The van der Waals surface area contributed by atoms with E-state index in [1.807, 2.05) is 6.07 Å². The first kappa shape index (κ1) is 11.1. The van der Waals surface area contributed by atoms with Crippen LogP contribution >= 0.6 is 0 Å². The number of pyridine rings is 1. The molecular formula is C13H10FN3. The van der Waals surface area contributed by atoms with Crippen molar-refractivity contribution in [3.05, 3.63) is 47.8 Å². The molecule has 17 heavy (non-hydrogen) atoms. The zero-order chi connectivity index (χ0) is 12.3. The van der Waals surface area contributed by atoms with E-state index < -0.39 is 0 Å². The highest BCUT2D eigenvalue weighted by Crippen LogP contribution is 2.21. The highest BCUT2D eigenvalue weighted by molar-refractivity contribution is 5.64. The summed E-state index contributed by atoms with van der Waals surface area (Å²) in [5.74, 6) is 0.189. The minimum atomic E-state index is -0.306. The van der Waals surface area contributed by atoms with Crippen LogP contribution in [0.3, 0.4) is 0 Å². The van der Waals surface area contributed by atoms with Gasteiger partial charge in [0.15, 0.2) is 0 Å². The third-order valence-corrected chi connectivity index (χ3v) is 2.37. The fourth-order valence-electron chi connectivity index (χ4n) is 1.55. The number of nitriles is 1. The molecule has 1 N–H and O–H groups in total. The summed E-state index contributed by atoms with van der Waals surface area (Å²) < 4.78 is 13.1. The summed E-state index contributed by atoms with van der Waals surface area (Å²) in [7, 11) is 1.69. The van der Waals surface area contributed by atoms with E-state index in [0.717, 1.165) is 0 Å². The maximum Gasteiger partial charge on any atom is 0.144 e. The molecule has 0 fully saturated rings. The molecule has 1 heterocycles. The Morgan fingerprint density at radius 2 is 2.12 bits per heavy atom. The normalized spacial score (nSPS) is 9.71. The second-order valence-electron chi connectivity index (χ2n) is 3.46. The number of hydrogen-bond acceptors (Lipinski definition) is 3. The van der Waals surface area contributed by atoms with Crippen LogP contribution in [0.1, 0.15) is 5.56 Å². The molecule has 0 unspecified atom stereocenters. The van der Waals surface area contributed by atoms with E-state index in [1.165, 1.54) is 12.1 Å². The lowest BCUT2D eigenvalue weighted by Gasteiger charge is -2.06. The number of rotatable bonds is 2. The average molecular weight is 227 g/mol. The predicted molar refractivity (Wildman–Crippen MR) is 63.9 cm³/mol. The van der Waals surface area contributed by atoms with E-state index in [0.29, 0.717) is 22.6 Å². The lowest BCUT2D eigenvalue weighted by molar-refractivity contribution is 0.628. The van der Waals surface area contributed by atoms with E-state index in [-0.39, 0.29) is 5.82 Å². The Kier molecular flexibility index (Phi) is 3.01. The molecule has 1 aromatic carbocycles. The van der Waals surface area contributed by atoms with Gasteiger partial charge in [-0.25, -0.2) is 9.37 Å². The third-order valence-electron chi connectivity index (χ3n) is 2.37. The average Bonchev–Trinajstić information content (AvgIpc) is 2.38. The highest BCUT2D eigenvalue weighted by Gasteiger charge is 2.06. The Labute approximate surface area is 98.5 Å². The van der Waals surface area contributed by atoms with Crippen LogP contribution in [-0.4, -0.2) is 12.0 Å². The Morgan fingerprint density at radius 1 is 1.29 bits per heavy atom. The number of nitrogens with one attached hydrogen (secondary N) is 1. The Balaban J connectivity index is 2.51. The maximum atomic E-state index is 13.1. The van der Waals surface area contributed by atoms with Crippen LogP contribution in [0.25, 0.3) is 11.3 Å². The van der Waals surface area contributed by atoms with E-state index in [9.17, 15) is 4.39 Å². The fraction of sp³-hybridized carbons (Fsp3) is 0.0769. The Bertz CT molecular complexity index is 587. The van der Waals surface area contributed by atoms with Crippen LogP contribution < -0.4 is 5.32 Å². The molecule has 0 amide bonds. The highest BCUT2D eigenvalue weighted by atomic mass is 19.1. The molecule has 0 bridgehead atoms. The Hall–Kier alpha value is -2.41. The van der Waals surface area contributed by atoms with Crippen molar-refractivity contribution in [2.45, 2.75) is 0 Å². The number of aromatic nitrogens is 1. The van der Waals surface area contributed by atoms with Crippen LogP contribution in [0, 0.1) is 17.1 Å². The number of anilines is 1. The molecule has 0 spiro atoms. The Morgan fingerprint density at radius 3 is 2.76 bits per heavy atom. The fourth-order valence-corrected chi connectivity index (χ4v) is 1.55. The first-order valence-electron chi connectivity index (χ1n) is 5.09. The van der Waals surface area contributed by atoms with Crippen molar-refractivity contribution in [2.24, 2.45) is 0 Å². The van der Waals surface area contributed by atoms with Crippen molar-refractivity contribution in [1.82, 2.24) is 4.98 Å². The van der Waals surface area contributed by atoms with Crippen molar-refractivity contribution >= 4 is 5.82 Å². The van der Waals surface area contributed by atoms with Gasteiger partial charge in [-0.05, 0) is 24.3 Å². The van der Waals surface area contributed by atoms with Gasteiger partial charge in [0, 0.05) is 12.6 Å². The van der Waals surface area contributed by atoms with Crippen LogP contribution in [0.2, 0.25) is 0 Å². The topological polar surface area (TPSA) is 48.7 Å². The third kappa shape index (κ3) is 2.23. The molecule has 0 saturated carbocycles. The summed E-state index contributed by atoms with van der Waals surface area (Å²) in [6.45, 7) is 0. The zero-order valence-corrected chi connectivity index (χ0v) is 9.24. The molecule has 0 aliphatic heterocycles. The van der Waals surface area contributed by atoms with Gasteiger partial charge < -0.3 is 5.32 Å². The second-order valence-corrected chi connectivity index (χ2v) is 3.46. The van der Waals surface area contributed by atoms with Gasteiger partial charge >= 0.3 is 0 Å². The molecule has 0 atom stereocenters. The lowest BCUT2D eigenvalue weighted by Crippen LogP contribution is -1.97. The summed E-state index contributed by atoms with van der Waals surface area (Å²) in [6, 6.07) is 11.6. The standard InChI is InChI=1S/C13H10FN3/c1-16-13-10(8-15)5-6-12(17-13)9-3-2-4-11(14)7-9/h2-7H,1H3,(H,16,17). The number of nitrogens with zero attached hydrogens (tertiary/aromatic N) is 2. The first-order valence-corrected chi connectivity index (χ1v) is 5.09. The minimum absolute atomic E-state index is 0.306. The first-order chi connectivity index (χ1) is 8.24. The van der Waals surface area contributed by atoms with Gasteiger partial charge in [-0.3, -0.25) is 0 Å². The van der Waals surface area contributed by atoms with E-state index in [2.05, 4.69) is 10.3 Å². The largest absolute Gasteiger partial charge is 0.372 e. The zero-order valence-electron chi connectivity index (χ0n) is 9.24. The SMILES string of the molecule is CNc1nc(-c2cccc(F)c2)ccc1C#N. The van der Waals surface area contributed by atoms with Crippen LogP contribution in [0.15, 0.2) is 36.4 Å². The number of halogens is 1. The quantitative estimate of drug-likeness (QED) is 0.858. The van der Waals surface area contributed by atoms with Crippen molar-refractivity contribution in [3.63, 3.8) is 0 Å². The molecule has 3 nitrogen and oxygen atoms in total. The van der Waals surface area contributed by atoms with Crippen molar-refractivity contribution in [3.8, 4) is 17.3 Å². The van der Waals surface area contributed by atoms with Gasteiger partial charge in [0.1, 0.15) is 17.7 Å². The van der Waals surface area contributed by atoms with E-state index >= 15 is 0 Å². The summed E-state index contributed by atoms with van der Waals surface area (Å²) >= 11 is 0. The van der Waals surface area contributed by atoms with Gasteiger partial charge in [0.2, 0.25) is 0 Å². The molecule has 0 radical (unpaired) electrons. The molecule has 4 heteroatoms. The smallest absolute Gasteiger partial charge is 0.144 e. The summed E-state index contributed by atoms with van der Waals surface area (Å²) in [5, 5.41) is 11.7. The summed E-state index contributed by atoms with van der Waals surface area (Å²) in [4.78, 5) is 4.27. The van der Waals surface area contributed by atoms with Gasteiger partial charge in [0.05, 0.1) is 11.3 Å². The molecule has 84 valence electrons. The predicted octanol–water partition coefficient (Wildman–Crippen LogP) is 2.80. The number of hydrogen-bond donors (Lipinski definition) is 1. The minimum Gasteiger partial charge on any atom is -0.372 e. The van der Waals surface area contributed by atoms with Gasteiger partial charge in [0.25, 0.3) is 0 Å². The van der Waals surface area contributed by atoms with Crippen molar-refractivity contribution < 1.29 is 4.39 Å². The van der Waals surface area contributed by atoms with E-state index in [1.54, 1.807) is 31.3 Å². The van der Waals surface area contributed by atoms with Gasteiger partial charge in [-0.15, -0.1) is 0 Å². The van der Waals surface area contributed by atoms with Gasteiger partial charge in [-0.1, -0.05) is 12.1 Å². The summed E-state index contributed by atoms with van der Waals surface area (Å²) in [6.07, 6.45) is 0. The molecule has 2 rings (SSSR count). The number of benzene rings is 1. The molecule has 0 aliphatic carbocycles. The molecule has 1 aromatic heterocycles. The van der Waals surface area contributed by atoms with Crippen LogP contribution in [-0.2, 0) is 0 Å². The van der Waals surface area contributed by atoms with E-state index in [4.69, 9.17) is 5.26 Å². The van der Waals surface area contributed by atoms with Crippen LogP contribution in [0.5, 0.6) is 0 Å². The maximum absolute atomic E-state index is 13.1. The molecular weight excluding hydrogens is 217 g/mol. The van der Waals surface area contributed by atoms with Gasteiger partial charge in [-0.2, -0.15) is 5.26 Å². The van der Waals surface area contributed by atoms with Crippen molar-refractivity contribution in [1.29, 1.82) is 5.26 Å². The van der Waals surface area contributed by atoms with Crippen molar-refractivity contribution in [2.75, 3.05) is 12.4 Å².